The second kappa shape index (κ2) is 14.8. The molecule has 2 aromatic heterocycles. The highest BCUT2D eigenvalue weighted by Gasteiger charge is 2.19. The molecule has 0 unspecified atom stereocenters. The van der Waals surface area contributed by atoms with Gasteiger partial charge in [-0.15, -0.1) is 0 Å². The Bertz CT molecular complexity index is 3150. The van der Waals surface area contributed by atoms with E-state index in [9.17, 15) is 0 Å². The number of hydrogen-bond donors (Lipinski definition) is 0. The molecule has 0 fully saturated rings. The number of benzene rings is 8. The normalized spacial score (nSPS) is 12.2. The summed E-state index contributed by atoms with van der Waals surface area (Å²) in [6.07, 6.45) is 6.24. The number of hydrogen-bond acceptors (Lipinski definition) is 2. The number of allylic oxidation sites excluding steroid dienone is 5. The first-order valence-electron chi connectivity index (χ1n) is 19.7. The molecule has 0 saturated carbocycles. The highest BCUT2D eigenvalue weighted by molar-refractivity contribution is 6.23. The van der Waals surface area contributed by atoms with Crippen LogP contribution in [0, 0.1) is 0 Å². The zero-order chi connectivity index (χ0) is 39.0. The number of aromatic nitrogens is 1. The van der Waals surface area contributed by atoms with Crippen molar-refractivity contribution in [3.05, 3.63) is 230 Å². The van der Waals surface area contributed by atoms with Crippen LogP contribution < -0.4 is 4.90 Å². The number of anilines is 2. The molecule has 0 aliphatic heterocycles. The van der Waals surface area contributed by atoms with Crippen LogP contribution in [0.25, 0.3) is 77.3 Å². The maximum atomic E-state index is 6.51. The minimum atomic E-state index is 0.911. The Balaban J connectivity index is 0.999. The van der Waals surface area contributed by atoms with Gasteiger partial charge in [0.25, 0.3) is 0 Å². The zero-order valence-electron chi connectivity index (χ0n) is 32.2. The van der Waals surface area contributed by atoms with Crippen molar-refractivity contribution in [3.63, 3.8) is 0 Å². The van der Waals surface area contributed by atoms with Gasteiger partial charge in [0.2, 0.25) is 0 Å². The lowest BCUT2D eigenvalue weighted by molar-refractivity contribution is 0.673. The zero-order valence-corrected chi connectivity index (χ0v) is 32.2. The largest absolute Gasteiger partial charge is 0.455 e. The van der Waals surface area contributed by atoms with Crippen LogP contribution in [-0.4, -0.2) is 4.57 Å². The average molecular weight is 745 g/mol. The second-order valence-electron chi connectivity index (χ2n) is 14.6. The monoisotopic (exact) mass is 744 g/mol. The van der Waals surface area contributed by atoms with Gasteiger partial charge in [-0.25, -0.2) is 0 Å². The molecule has 58 heavy (non-hydrogen) atoms. The fraction of sp³-hybridized carbons (Fsp3) is 0.0182. The maximum absolute atomic E-state index is 6.51. The molecule has 0 radical (unpaired) electrons. The quantitative estimate of drug-likeness (QED) is 0.137. The van der Waals surface area contributed by atoms with Gasteiger partial charge in [-0.1, -0.05) is 152 Å². The van der Waals surface area contributed by atoms with E-state index in [4.69, 9.17) is 4.42 Å². The van der Waals surface area contributed by atoms with E-state index in [1.165, 1.54) is 16.5 Å². The lowest BCUT2D eigenvalue weighted by Gasteiger charge is -2.26. The fourth-order valence-corrected chi connectivity index (χ4v) is 8.31. The van der Waals surface area contributed by atoms with Gasteiger partial charge in [0.15, 0.2) is 0 Å². The van der Waals surface area contributed by atoms with Crippen LogP contribution in [0.4, 0.5) is 11.4 Å². The number of para-hydroxylation sites is 2. The van der Waals surface area contributed by atoms with E-state index in [0.717, 1.165) is 83.4 Å². The predicted octanol–water partition coefficient (Wildman–Crippen LogP) is 15.3. The molecular weight excluding hydrogens is 705 g/mol. The molecule has 2 heterocycles. The Hall–Kier alpha value is -7.62. The molecule has 0 amide bonds. The summed E-state index contributed by atoms with van der Waals surface area (Å²) < 4.78 is 8.86. The molecule has 10 rings (SSSR count). The molecule has 0 aliphatic carbocycles. The molecule has 0 atom stereocenters. The van der Waals surface area contributed by atoms with Crippen molar-refractivity contribution in [1.82, 2.24) is 4.57 Å². The van der Waals surface area contributed by atoms with Crippen molar-refractivity contribution in [2.75, 3.05) is 4.90 Å². The molecule has 276 valence electrons. The van der Waals surface area contributed by atoms with Crippen LogP contribution in [0.15, 0.2) is 229 Å². The summed E-state index contributed by atoms with van der Waals surface area (Å²) >= 11 is 0. The third-order valence-electron chi connectivity index (χ3n) is 11.2. The van der Waals surface area contributed by atoms with Crippen molar-refractivity contribution in [3.8, 4) is 27.9 Å². The van der Waals surface area contributed by atoms with E-state index in [1.807, 2.05) is 24.3 Å². The van der Waals surface area contributed by atoms with Gasteiger partial charge in [0.05, 0.1) is 16.4 Å². The lowest BCUT2D eigenvalue weighted by atomic mass is 10.0. The first-order valence-corrected chi connectivity index (χ1v) is 19.7. The molecular formula is C55H40N2O. The van der Waals surface area contributed by atoms with Crippen molar-refractivity contribution >= 4 is 60.7 Å². The standard InChI is InChI=1S/C55H40N2O/c1-3-39(40-14-6-4-7-15-40)23-22-38(2)56(45-30-24-42(25-31-45)41-16-8-5-9-17-41)46-32-26-43(27-33-46)44-28-34-47(35-29-44)57-51-20-12-10-19-50(51)54-52(57)37-36-49-48-18-11-13-21-53(48)58-55(49)54/h3-37H,1H2,2H3/b38-22+,39-23+. The SMILES string of the molecule is C=C/C(=C\C=C(/C)N(c1ccc(-c2ccccc2)cc1)c1ccc(-c2ccc(-n3c4ccccc4c4c5oc6ccccc6c5ccc43)cc2)cc1)c1ccccc1. The number of nitrogens with zero attached hydrogens (tertiary/aromatic N) is 2. The Morgan fingerprint density at radius 3 is 1.71 bits per heavy atom. The van der Waals surface area contributed by atoms with Gasteiger partial charge < -0.3 is 13.9 Å². The van der Waals surface area contributed by atoms with E-state index in [2.05, 4.69) is 211 Å². The summed E-state index contributed by atoms with van der Waals surface area (Å²) in [5, 5.41) is 4.61. The Morgan fingerprint density at radius 1 is 0.500 bits per heavy atom. The number of furan rings is 1. The minimum absolute atomic E-state index is 0.911. The van der Waals surface area contributed by atoms with Gasteiger partial charge in [-0.3, -0.25) is 0 Å². The van der Waals surface area contributed by atoms with E-state index in [0.29, 0.717) is 0 Å². The highest BCUT2D eigenvalue weighted by Crippen LogP contribution is 2.41. The lowest BCUT2D eigenvalue weighted by Crippen LogP contribution is -2.14. The molecule has 0 saturated heterocycles. The van der Waals surface area contributed by atoms with Crippen LogP contribution in [-0.2, 0) is 0 Å². The summed E-state index contributed by atoms with van der Waals surface area (Å²) in [7, 11) is 0. The van der Waals surface area contributed by atoms with Gasteiger partial charge >= 0.3 is 0 Å². The average Bonchev–Trinajstić information content (AvgIpc) is 3.84. The summed E-state index contributed by atoms with van der Waals surface area (Å²) in [4.78, 5) is 2.31. The van der Waals surface area contributed by atoms with E-state index in [1.54, 1.807) is 0 Å². The summed E-state index contributed by atoms with van der Waals surface area (Å²) in [5.41, 5.74) is 15.4. The topological polar surface area (TPSA) is 21.3 Å². The van der Waals surface area contributed by atoms with Crippen LogP contribution in [0.3, 0.4) is 0 Å². The third-order valence-corrected chi connectivity index (χ3v) is 11.2. The Kier molecular flexibility index (Phi) is 8.89. The Labute approximate surface area is 338 Å². The van der Waals surface area contributed by atoms with Crippen LogP contribution in [0.2, 0.25) is 0 Å². The van der Waals surface area contributed by atoms with E-state index in [-0.39, 0.29) is 0 Å². The van der Waals surface area contributed by atoms with Crippen LogP contribution in [0.5, 0.6) is 0 Å². The molecule has 3 heteroatoms. The third kappa shape index (κ3) is 6.20. The molecule has 0 spiro atoms. The van der Waals surface area contributed by atoms with Gasteiger partial charge in [-0.05, 0) is 107 Å². The van der Waals surface area contributed by atoms with Gasteiger partial charge in [0, 0.05) is 38.9 Å². The van der Waals surface area contributed by atoms with Crippen LogP contribution >= 0.6 is 0 Å². The highest BCUT2D eigenvalue weighted by atomic mass is 16.3. The van der Waals surface area contributed by atoms with Gasteiger partial charge in [0.1, 0.15) is 11.2 Å². The Morgan fingerprint density at radius 2 is 1.05 bits per heavy atom. The molecule has 0 N–H and O–H groups in total. The predicted molar refractivity (Wildman–Crippen MR) is 246 cm³/mol. The minimum Gasteiger partial charge on any atom is -0.455 e. The first kappa shape index (κ1) is 34.8. The molecule has 0 bridgehead atoms. The second-order valence-corrected chi connectivity index (χ2v) is 14.6. The van der Waals surface area contributed by atoms with Gasteiger partial charge in [-0.2, -0.15) is 0 Å². The summed E-state index contributed by atoms with van der Waals surface area (Å²) in [5.74, 6) is 0. The molecule has 8 aromatic carbocycles. The number of rotatable bonds is 9. The van der Waals surface area contributed by atoms with Crippen LogP contribution in [0.1, 0.15) is 12.5 Å². The number of fused-ring (bicyclic) bond motifs is 7. The summed E-state index contributed by atoms with van der Waals surface area (Å²) in [6, 6.07) is 68.8. The van der Waals surface area contributed by atoms with Crippen molar-refractivity contribution in [2.24, 2.45) is 0 Å². The van der Waals surface area contributed by atoms with E-state index < -0.39 is 0 Å². The summed E-state index contributed by atoms with van der Waals surface area (Å²) in [6.45, 7) is 6.26. The maximum Gasteiger partial charge on any atom is 0.145 e. The molecule has 10 aromatic rings. The molecule has 3 nitrogen and oxygen atoms in total. The smallest absolute Gasteiger partial charge is 0.145 e. The van der Waals surface area contributed by atoms with E-state index >= 15 is 0 Å². The van der Waals surface area contributed by atoms with Crippen molar-refractivity contribution < 1.29 is 4.42 Å². The van der Waals surface area contributed by atoms with Crippen molar-refractivity contribution in [2.45, 2.75) is 6.92 Å². The first-order chi connectivity index (χ1) is 28.6. The molecule has 0 aliphatic rings. The van der Waals surface area contributed by atoms with Crippen molar-refractivity contribution in [1.29, 1.82) is 0 Å². The fourth-order valence-electron chi connectivity index (χ4n) is 8.31.